The molecule has 0 aliphatic rings. The van der Waals surface area contributed by atoms with Crippen molar-refractivity contribution in [1.82, 2.24) is 5.32 Å². The standard InChI is InChI=1S/C10H21NO3S/c1-5-11-9(10(13)14-4)6-15-8(3)7(2)12/h7-9,11-12H,5-6H2,1-4H3. The summed E-state index contributed by atoms with van der Waals surface area (Å²) in [6.07, 6.45) is -0.366. The van der Waals surface area contributed by atoms with E-state index < -0.39 is 0 Å². The molecule has 0 fully saturated rings. The SMILES string of the molecule is CCNC(CSC(C)C(C)O)C(=O)OC. The van der Waals surface area contributed by atoms with E-state index in [0.717, 1.165) is 6.54 Å². The van der Waals surface area contributed by atoms with Gasteiger partial charge in [-0.2, -0.15) is 11.8 Å². The molecule has 0 saturated heterocycles. The number of carbonyl (C=O) groups is 1. The highest BCUT2D eigenvalue weighted by atomic mass is 32.2. The molecular weight excluding hydrogens is 214 g/mol. The van der Waals surface area contributed by atoms with Crippen LogP contribution in [0.25, 0.3) is 0 Å². The van der Waals surface area contributed by atoms with Crippen LogP contribution in [0.15, 0.2) is 0 Å². The van der Waals surface area contributed by atoms with Gasteiger partial charge < -0.3 is 15.2 Å². The molecule has 0 aromatic carbocycles. The maximum absolute atomic E-state index is 11.3. The Morgan fingerprint density at radius 1 is 1.53 bits per heavy atom. The predicted octanol–water partition coefficient (Wildman–Crippen LogP) is 0.640. The van der Waals surface area contributed by atoms with Crippen LogP contribution in [0.2, 0.25) is 0 Å². The molecule has 0 spiro atoms. The predicted molar refractivity (Wildman–Crippen MR) is 63.1 cm³/mol. The first-order valence-electron chi connectivity index (χ1n) is 5.13. The monoisotopic (exact) mass is 235 g/mol. The summed E-state index contributed by atoms with van der Waals surface area (Å²) in [5, 5.41) is 12.5. The minimum absolute atomic E-state index is 0.121. The lowest BCUT2D eigenvalue weighted by molar-refractivity contribution is -0.142. The topological polar surface area (TPSA) is 58.6 Å². The van der Waals surface area contributed by atoms with E-state index in [0.29, 0.717) is 5.75 Å². The first-order chi connectivity index (χ1) is 7.02. The second kappa shape index (κ2) is 7.96. The fourth-order valence-corrected chi connectivity index (χ4v) is 2.01. The lowest BCUT2D eigenvalue weighted by atomic mass is 10.3. The first kappa shape index (κ1) is 14.7. The molecule has 3 unspecified atom stereocenters. The Hall–Kier alpha value is -0.260. The number of esters is 1. The fraction of sp³-hybridized carbons (Fsp3) is 0.900. The molecule has 0 aromatic rings. The van der Waals surface area contributed by atoms with Crippen LogP contribution in [0, 0.1) is 0 Å². The van der Waals surface area contributed by atoms with Gasteiger partial charge in [-0.1, -0.05) is 13.8 Å². The molecule has 0 bridgehead atoms. The third-order valence-corrected chi connectivity index (χ3v) is 3.59. The van der Waals surface area contributed by atoms with Crippen LogP contribution < -0.4 is 5.32 Å². The van der Waals surface area contributed by atoms with Gasteiger partial charge in [0.2, 0.25) is 0 Å². The van der Waals surface area contributed by atoms with Gasteiger partial charge in [0, 0.05) is 11.0 Å². The Bertz CT molecular complexity index is 188. The number of aliphatic hydroxyl groups is 1. The highest BCUT2D eigenvalue weighted by molar-refractivity contribution is 8.00. The van der Waals surface area contributed by atoms with Crippen LogP contribution in [-0.4, -0.2) is 47.9 Å². The smallest absolute Gasteiger partial charge is 0.323 e. The van der Waals surface area contributed by atoms with E-state index in [1.807, 2.05) is 13.8 Å². The second-order valence-corrected chi connectivity index (χ2v) is 4.82. The summed E-state index contributed by atoms with van der Waals surface area (Å²) >= 11 is 1.56. The Balaban J connectivity index is 4.00. The third-order valence-electron chi connectivity index (χ3n) is 2.14. The van der Waals surface area contributed by atoms with Crippen molar-refractivity contribution < 1.29 is 14.6 Å². The highest BCUT2D eigenvalue weighted by Gasteiger charge is 2.20. The van der Waals surface area contributed by atoms with Gasteiger partial charge in [0.05, 0.1) is 13.2 Å². The Morgan fingerprint density at radius 2 is 2.13 bits per heavy atom. The number of thioether (sulfide) groups is 1. The molecule has 3 atom stereocenters. The zero-order valence-electron chi connectivity index (χ0n) is 9.82. The summed E-state index contributed by atoms with van der Waals surface area (Å²) in [5.41, 5.74) is 0. The van der Waals surface area contributed by atoms with Crippen molar-refractivity contribution >= 4 is 17.7 Å². The molecule has 0 aliphatic carbocycles. The Kier molecular flexibility index (Phi) is 7.82. The molecule has 0 aliphatic heterocycles. The largest absolute Gasteiger partial charge is 0.468 e. The number of nitrogens with one attached hydrogen (secondary N) is 1. The van der Waals surface area contributed by atoms with Gasteiger partial charge in [0.25, 0.3) is 0 Å². The van der Waals surface area contributed by atoms with E-state index in [1.54, 1.807) is 18.7 Å². The zero-order valence-corrected chi connectivity index (χ0v) is 10.6. The van der Waals surface area contributed by atoms with Crippen molar-refractivity contribution in [2.45, 2.75) is 38.2 Å². The van der Waals surface area contributed by atoms with Gasteiger partial charge >= 0.3 is 5.97 Å². The minimum Gasteiger partial charge on any atom is -0.468 e. The molecule has 90 valence electrons. The average molecular weight is 235 g/mol. The molecule has 2 N–H and O–H groups in total. The molecule has 0 heterocycles. The quantitative estimate of drug-likeness (QED) is 0.634. The van der Waals surface area contributed by atoms with Crippen LogP contribution in [0.5, 0.6) is 0 Å². The Morgan fingerprint density at radius 3 is 2.53 bits per heavy atom. The van der Waals surface area contributed by atoms with Gasteiger partial charge in [0.1, 0.15) is 6.04 Å². The van der Waals surface area contributed by atoms with Gasteiger partial charge in [0.15, 0.2) is 0 Å². The van der Waals surface area contributed by atoms with Crippen molar-refractivity contribution in [1.29, 1.82) is 0 Å². The van der Waals surface area contributed by atoms with Gasteiger partial charge in [-0.3, -0.25) is 4.79 Å². The van der Waals surface area contributed by atoms with Crippen LogP contribution in [0.4, 0.5) is 0 Å². The van der Waals surface area contributed by atoms with Gasteiger partial charge in [-0.25, -0.2) is 0 Å². The minimum atomic E-state index is -0.366. The summed E-state index contributed by atoms with van der Waals surface area (Å²) in [7, 11) is 1.38. The number of aliphatic hydroxyl groups excluding tert-OH is 1. The van der Waals surface area contributed by atoms with E-state index in [-0.39, 0.29) is 23.4 Å². The third kappa shape index (κ3) is 6.02. The number of hydrogen-bond donors (Lipinski definition) is 2. The summed E-state index contributed by atoms with van der Waals surface area (Å²) in [5.74, 6) is 0.370. The van der Waals surface area contributed by atoms with Crippen molar-refractivity contribution in [3.05, 3.63) is 0 Å². The lowest BCUT2D eigenvalue weighted by Crippen LogP contribution is -2.40. The molecule has 0 saturated carbocycles. The van der Waals surface area contributed by atoms with Crippen LogP contribution in [0.3, 0.4) is 0 Å². The van der Waals surface area contributed by atoms with E-state index >= 15 is 0 Å². The van der Waals surface area contributed by atoms with Crippen LogP contribution in [0.1, 0.15) is 20.8 Å². The zero-order chi connectivity index (χ0) is 11.8. The molecule has 5 heteroatoms. The second-order valence-electron chi connectivity index (χ2n) is 3.41. The fourth-order valence-electron chi connectivity index (χ4n) is 0.986. The molecule has 0 radical (unpaired) electrons. The van der Waals surface area contributed by atoms with Crippen LogP contribution in [-0.2, 0) is 9.53 Å². The van der Waals surface area contributed by atoms with Crippen molar-refractivity contribution in [3.8, 4) is 0 Å². The summed E-state index contributed by atoms with van der Waals surface area (Å²) in [4.78, 5) is 11.3. The van der Waals surface area contributed by atoms with E-state index in [2.05, 4.69) is 10.1 Å². The van der Waals surface area contributed by atoms with Gasteiger partial charge in [-0.15, -0.1) is 0 Å². The Labute approximate surface area is 95.8 Å². The van der Waals surface area contributed by atoms with Crippen molar-refractivity contribution in [3.63, 3.8) is 0 Å². The summed E-state index contributed by atoms with van der Waals surface area (Å²) in [6, 6.07) is -0.286. The highest BCUT2D eigenvalue weighted by Crippen LogP contribution is 2.15. The molecule has 15 heavy (non-hydrogen) atoms. The number of likely N-dealkylation sites (N-methyl/N-ethyl adjacent to an activating group) is 1. The van der Waals surface area contributed by atoms with E-state index in [4.69, 9.17) is 0 Å². The number of ether oxygens (including phenoxy) is 1. The number of hydrogen-bond acceptors (Lipinski definition) is 5. The number of methoxy groups -OCH3 is 1. The van der Waals surface area contributed by atoms with Crippen molar-refractivity contribution in [2.75, 3.05) is 19.4 Å². The van der Waals surface area contributed by atoms with Gasteiger partial charge in [-0.05, 0) is 13.5 Å². The molecule has 4 nitrogen and oxygen atoms in total. The molecular formula is C10H21NO3S. The van der Waals surface area contributed by atoms with E-state index in [1.165, 1.54) is 7.11 Å². The average Bonchev–Trinajstić information content (AvgIpc) is 2.22. The molecule has 0 amide bonds. The molecule has 0 aromatic heterocycles. The summed E-state index contributed by atoms with van der Waals surface area (Å²) < 4.78 is 4.68. The van der Waals surface area contributed by atoms with E-state index in [9.17, 15) is 9.90 Å². The summed E-state index contributed by atoms with van der Waals surface area (Å²) in [6.45, 7) is 6.36. The molecule has 0 rings (SSSR count). The van der Waals surface area contributed by atoms with Crippen LogP contribution >= 0.6 is 11.8 Å². The maximum atomic E-state index is 11.3. The number of carbonyl (C=O) groups excluding carboxylic acids is 1. The van der Waals surface area contributed by atoms with Crippen molar-refractivity contribution in [2.24, 2.45) is 0 Å². The first-order valence-corrected chi connectivity index (χ1v) is 6.18. The lowest BCUT2D eigenvalue weighted by Gasteiger charge is -2.19. The normalized spacial score (nSPS) is 16.9. The number of rotatable bonds is 7. The maximum Gasteiger partial charge on any atom is 0.323 e.